The van der Waals surface area contributed by atoms with E-state index in [2.05, 4.69) is 44.8 Å². The van der Waals surface area contributed by atoms with E-state index in [1.807, 2.05) is 7.05 Å². The molecule has 0 saturated carbocycles. The summed E-state index contributed by atoms with van der Waals surface area (Å²) in [6.45, 7) is 13.6. The first-order valence-corrected chi connectivity index (χ1v) is 6.88. The van der Waals surface area contributed by atoms with E-state index in [9.17, 15) is 5.11 Å². The van der Waals surface area contributed by atoms with Crippen molar-refractivity contribution in [3.8, 4) is 0 Å². The van der Waals surface area contributed by atoms with Crippen molar-refractivity contribution in [3.63, 3.8) is 0 Å². The number of rotatable bonds is 9. The molecule has 1 unspecified atom stereocenters. The van der Waals surface area contributed by atoms with Crippen LogP contribution in [0.5, 0.6) is 0 Å². The van der Waals surface area contributed by atoms with Crippen molar-refractivity contribution in [2.75, 3.05) is 26.7 Å². The van der Waals surface area contributed by atoms with Gasteiger partial charge in [0.15, 0.2) is 0 Å². The molecule has 1 atom stereocenters. The predicted molar refractivity (Wildman–Crippen MR) is 75.3 cm³/mol. The van der Waals surface area contributed by atoms with E-state index in [1.54, 1.807) is 0 Å². The molecular formula is C14H32N2O. The Morgan fingerprint density at radius 2 is 1.82 bits per heavy atom. The summed E-state index contributed by atoms with van der Waals surface area (Å²) >= 11 is 0. The van der Waals surface area contributed by atoms with Crippen LogP contribution < -0.4 is 5.32 Å². The van der Waals surface area contributed by atoms with Gasteiger partial charge >= 0.3 is 0 Å². The number of hydrogen-bond donors (Lipinski definition) is 2. The van der Waals surface area contributed by atoms with E-state index in [-0.39, 0.29) is 12.1 Å². The molecule has 0 aliphatic heterocycles. The van der Waals surface area contributed by atoms with Gasteiger partial charge in [0.25, 0.3) is 0 Å². The van der Waals surface area contributed by atoms with E-state index in [4.69, 9.17) is 0 Å². The van der Waals surface area contributed by atoms with Gasteiger partial charge in [-0.1, -0.05) is 13.8 Å². The molecule has 0 spiro atoms. The second-order valence-corrected chi connectivity index (χ2v) is 6.05. The second kappa shape index (κ2) is 8.06. The molecule has 0 rings (SSSR count). The zero-order valence-corrected chi connectivity index (χ0v) is 12.6. The van der Waals surface area contributed by atoms with E-state index in [0.717, 1.165) is 25.9 Å². The number of aliphatic hydroxyl groups excluding tert-OH is 1. The van der Waals surface area contributed by atoms with Crippen LogP contribution in [0.25, 0.3) is 0 Å². The molecule has 3 nitrogen and oxygen atoms in total. The lowest BCUT2D eigenvalue weighted by atomic mass is 9.97. The van der Waals surface area contributed by atoms with Gasteiger partial charge in [0, 0.05) is 18.1 Å². The van der Waals surface area contributed by atoms with Crippen LogP contribution in [0.15, 0.2) is 0 Å². The molecule has 0 aliphatic carbocycles. The summed E-state index contributed by atoms with van der Waals surface area (Å²) < 4.78 is 0. The third kappa shape index (κ3) is 7.02. The predicted octanol–water partition coefficient (Wildman–Crippen LogP) is 2.10. The Hall–Kier alpha value is -0.120. The number of nitrogens with one attached hydrogen (secondary N) is 1. The van der Waals surface area contributed by atoms with Gasteiger partial charge in [-0.15, -0.1) is 0 Å². The minimum Gasteiger partial charge on any atom is -0.394 e. The maximum Gasteiger partial charge on any atom is 0.0610 e. The molecule has 0 aromatic heterocycles. The fourth-order valence-corrected chi connectivity index (χ4v) is 1.98. The summed E-state index contributed by atoms with van der Waals surface area (Å²) in [7, 11) is 1.92. The molecule has 0 aliphatic rings. The van der Waals surface area contributed by atoms with Crippen molar-refractivity contribution in [3.05, 3.63) is 0 Å². The van der Waals surface area contributed by atoms with Gasteiger partial charge in [0.2, 0.25) is 0 Å². The Kier molecular flexibility index (Phi) is 8.01. The van der Waals surface area contributed by atoms with Gasteiger partial charge in [-0.25, -0.2) is 0 Å². The summed E-state index contributed by atoms with van der Waals surface area (Å²) in [6.07, 6.45) is 2.14. The molecule has 0 fully saturated rings. The number of likely N-dealkylation sites (N-methyl/N-ethyl adjacent to an activating group) is 1. The molecule has 0 aromatic carbocycles. The highest BCUT2D eigenvalue weighted by Gasteiger charge is 2.21. The third-order valence-corrected chi connectivity index (χ3v) is 3.46. The molecule has 0 heterocycles. The summed E-state index contributed by atoms with van der Waals surface area (Å²) in [5.74, 6) is 0.714. The lowest BCUT2D eigenvalue weighted by Crippen LogP contribution is -2.44. The molecule has 0 aromatic rings. The average Bonchev–Trinajstić information content (AvgIpc) is 2.26. The van der Waals surface area contributed by atoms with Crippen LogP contribution in [-0.4, -0.2) is 48.3 Å². The monoisotopic (exact) mass is 244 g/mol. The molecule has 0 bridgehead atoms. The molecule has 0 amide bonds. The Morgan fingerprint density at radius 1 is 1.24 bits per heavy atom. The molecule has 0 saturated heterocycles. The average molecular weight is 244 g/mol. The molecule has 2 N–H and O–H groups in total. The lowest BCUT2D eigenvalue weighted by molar-refractivity contribution is 0.152. The van der Waals surface area contributed by atoms with E-state index in [0.29, 0.717) is 12.0 Å². The fourth-order valence-electron chi connectivity index (χ4n) is 1.98. The Bertz CT molecular complexity index is 189. The number of nitrogens with zero attached hydrogens (tertiary/aromatic N) is 1. The lowest BCUT2D eigenvalue weighted by Gasteiger charge is -2.31. The molecule has 17 heavy (non-hydrogen) atoms. The van der Waals surface area contributed by atoms with Crippen molar-refractivity contribution in [1.29, 1.82) is 0 Å². The quantitative estimate of drug-likeness (QED) is 0.652. The van der Waals surface area contributed by atoms with Crippen LogP contribution in [0.1, 0.15) is 47.5 Å². The van der Waals surface area contributed by atoms with Crippen LogP contribution in [-0.2, 0) is 0 Å². The van der Waals surface area contributed by atoms with Crippen LogP contribution in [0, 0.1) is 5.92 Å². The molecule has 104 valence electrons. The van der Waals surface area contributed by atoms with E-state index >= 15 is 0 Å². The first kappa shape index (κ1) is 16.9. The molecule has 3 heteroatoms. The maximum atomic E-state index is 9.33. The number of aliphatic hydroxyl groups is 1. The summed E-state index contributed by atoms with van der Waals surface area (Å²) in [4.78, 5) is 2.53. The first-order valence-electron chi connectivity index (χ1n) is 6.88. The van der Waals surface area contributed by atoms with Gasteiger partial charge in [-0.05, 0) is 53.1 Å². The van der Waals surface area contributed by atoms with Crippen LogP contribution >= 0.6 is 0 Å². The van der Waals surface area contributed by atoms with Crippen molar-refractivity contribution in [1.82, 2.24) is 10.2 Å². The Labute approximate surface area is 108 Å². The smallest absolute Gasteiger partial charge is 0.0610 e. The van der Waals surface area contributed by atoms with Gasteiger partial charge in [0.1, 0.15) is 0 Å². The maximum absolute atomic E-state index is 9.33. The second-order valence-electron chi connectivity index (χ2n) is 6.05. The molecule has 0 radical (unpaired) electrons. The normalized spacial score (nSPS) is 15.9. The van der Waals surface area contributed by atoms with Crippen molar-refractivity contribution in [2.24, 2.45) is 5.92 Å². The zero-order valence-electron chi connectivity index (χ0n) is 12.6. The first-order chi connectivity index (χ1) is 7.84. The van der Waals surface area contributed by atoms with E-state index < -0.39 is 0 Å². The highest BCUT2D eigenvalue weighted by molar-refractivity contribution is 4.81. The summed E-state index contributed by atoms with van der Waals surface area (Å²) in [5.41, 5.74) is -0.125. The van der Waals surface area contributed by atoms with Gasteiger partial charge < -0.3 is 15.3 Å². The van der Waals surface area contributed by atoms with Crippen molar-refractivity contribution < 1.29 is 5.11 Å². The third-order valence-electron chi connectivity index (χ3n) is 3.46. The standard InChI is InChI=1S/C14H32N2O/c1-12(2)10-16(13(3)4)9-7-8-14(5,11-17)15-6/h12-13,15,17H,7-11H2,1-6H3. The Morgan fingerprint density at radius 3 is 2.18 bits per heavy atom. The number of hydrogen-bond acceptors (Lipinski definition) is 3. The minimum absolute atomic E-state index is 0.125. The van der Waals surface area contributed by atoms with Crippen LogP contribution in [0.2, 0.25) is 0 Å². The Balaban J connectivity index is 4.05. The van der Waals surface area contributed by atoms with E-state index in [1.165, 1.54) is 0 Å². The highest BCUT2D eigenvalue weighted by Crippen LogP contribution is 2.13. The SMILES string of the molecule is CNC(C)(CO)CCCN(CC(C)C)C(C)C. The minimum atomic E-state index is -0.125. The van der Waals surface area contributed by atoms with Crippen molar-refractivity contribution in [2.45, 2.75) is 59.0 Å². The van der Waals surface area contributed by atoms with Crippen molar-refractivity contribution >= 4 is 0 Å². The largest absolute Gasteiger partial charge is 0.394 e. The van der Waals surface area contributed by atoms with Gasteiger partial charge in [0.05, 0.1) is 6.61 Å². The summed E-state index contributed by atoms with van der Waals surface area (Å²) in [5, 5.41) is 12.5. The van der Waals surface area contributed by atoms with Gasteiger partial charge in [-0.3, -0.25) is 0 Å². The van der Waals surface area contributed by atoms with Crippen LogP contribution in [0.4, 0.5) is 0 Å². The topological polar surface area (TPSA) is 35.5 Å². The van der Waals surface area contributed by atoms with Crippen LogP contribution in [0.3, 0.4) is 0 Å². The summed E-state index contributed by atoms with van der Waals surface area (Å²) in [6, 6.07) is 0.604. The fraction of sp³-hybridized carbons (Fsp3) is 1.00. The highest BCUT2D eigenvalue weighted by atomic mass is 16.3. The zero-order chi connectivity index (χ0) is 13.5. The van der Waals surface area contributed by atoms with Gasteiger partial charge in [-0.2, -0.15) is 0 Å². The molecular weight excluding hydrogens is 212 g/mol.